The summed E-state index contributed by atoms with van der Waals surface area (Å²) in [6, 6.07) is 0.0955. The highest BCUT2D eigenvalue weighted by Crippen LogP contribution is 2.28. The third-order valence-corrected chi connectivity index (χ3v) is 2.87. The first-order chi connectivity index (χ1) is 6.20. The molecule has 3 N–H and O–H groups in total. The van der Waals surface area contributed by atoms with Crippen molar-refractivity contribution >= 4 is 0 Å². The van der Waals surface area contributed by atoms with Crippen molar-refractivity contribution in [2.24, 2.45) is 11.7 Å². The molecular weight excluding hydrogens is 162 g/mol. The topological polar surface area (TPSA) is 54.7 Å². The van der Waals surface area contributed by atoms with Gasteiger partial charge >= 0.3 is 0 Å². The number of hydrogen-bond donors (Lipinski definition) is 2. The zero-order chi connectivity index (χ0) is 9.42. The summed E-state index contributed by atoms with van der Waals surface area (Å²) in [5, 5.41) is 7.40. The van der Waals surface area contributed by atoms with Gasteiger partial charge in [0, 0.05) is 5.69 Å². The highest BCUT2D eigenvalue weighted by atomic mass is 15.1. The van der Waals surface area contributed by atoms with E-state index in [1.807, 2.05) is 0 Å². The SMILES string of the molecule is CC(C)[C@H](N)c1n[nH]c2c1CCC2. The fourth-order valence-electron chi connectivity index (χ4n) is 1.94. The van der Waals surface area contributed by atoms with Gasteiger partial charge in [-0.15, -0.1) is 0 Å². The van der Waals surface area contributed by atoms with E-state index in [2.05, 4.69) is 24.0 Å². The minimum atomic E-state index is 0.0955. The number of aryl methyl sites for hydroxylation is 1. The molecule has 3 heteroatoms. The molecule has 0 spiro atoms. The molecule has 3 nitrogen and oxygen atoms in total. The summed E-state index contributed by atoms with van der Waals surface area (Å²) in [6.45, 7) is 4.28. The van der Waals surface area contributed by atoms with Crippen LogP contribution in [0.3, 0.4) is 0 Å². The van der Waals surface area contributed by atoms with E-state index in [1.54, 1.807) is 0 Å². The molecule has 0 saturated carbocycles. The number of fused-ring (bicyclic) bond motifs is 1. The van der Waals surface area contributed by atoms with E-state index < -0.39 is 0 Å². The van der Waals surface area contributed by atoms with Crippen molar-refractivity contribution in [1.29, 1.82) is 0 Å². The largest absolute Gasteiger partial charge is 0.322 e. The smallest absolute Gasteiger partial charge is 0.0826 e. The van der Waals surface area contributed by atoms with Crippen molar-refractivity contribution in [3.8, 4) is 0 Å². The minimum Gasteiger partial charge on any atom is -0.322 e. The third-order valence-electron chi connectivity index (χ3n) is 2.87. The van der Waals surface area contributed by atoms with Crippen LogP contribution in [0.4, 0.5) is 0 Å². The van der Waals surface area contributed by atoms with E-state index in [-0.39, 0.29) is 6.04 Å². The number of hydrogen-bond acceptors (Lipinski definition) is 2. The standard InChI is InChI=1S/C10H17N3/c1-6(2)9(11)10-7-4-3-5-8(7)12-13-10/h6,9H,3-5,11H2,1-2H3,(H,12,13)/t9-/m0/s1. The molecule has 13 heavy (non-hydrogen) atoms. The lowest BCUT2D eigenvalue weighted by Crippen LogP contribution is -2.18. The second-order valence-corrected chi connectivity index (χ2v) is 4.19. The predicted octanol–water partition coefficient (Wildman–Crippen LogP) is 1.55. The molecule has 1 aliphatic carbocycles. The first-order valence-corrected chi connectivity index (χ1v) is 5.01. The van der Waals surface area contributed by atoms with Gasteiger partial charge in [-0.25, -0.2) is 0 Å². The number of H-pyrrole nitrogens is 1. The van der Waals surface area contributed by atoms with Crippen LogP contribution in [0.5, 0.6) is 0 Å². The first kappa shape index (κ1) is 8.75. The van der Waals surface area contributed by atoms with Gasteiger partial charge in [-0.2, -0.15) is 5.10 Å². The monoisotopic (exact) mass is 179 g/mol. The Morgan fingerprint density at radius 3 is 2.85 bits per heavy atom. The maximum atomic E-state index is 6.07. The molecule has 72 valence electrons. The highest BCUT2D eigenvalue weighted by Gasteiger charge is 2.23. The molecule has 2 rings (SSSR count). The van der Waals surface area contributed by atoms with Crippen LogP contribution in [0.2, 0.25) is 0 Å². The molecule has 0 radical (unpaired) electrons. The number of aromatic nitrogens is 2. The van der Waals surface area contributed by atoms with Gasteiger partial charge in [-0.3, -0.25) is 5.10 Å². The van der Waals surface area contributed by atoms with Gasteiger partial charge in [-0.05, 0) is 30.7 Å². The molecule has 0 amide bonds. The summed E-state index contributed by atoms with van der Waals surface area (Å²) in [6.07, 6.45) is 3.55. The Labute approximate surface area is 78.7 Å². The number of nitrogens with one attached hydrogen (secondary N) is 1. The summed E-state index contributed by atoms with van der Waals surface area (Å²) < 4.78 is 0. The summed E-state index contributed by atoms with van der Waals surface area (Å²) in [5.41, 5.74) is 9.87. The lowest BCUT2D eigenvalue weighted by Gasteiger charge is -2.13. The molecule has 0 aliphatic heterocycles. The Morgan fingerprint density at radius 1 is 1.38 bits per heavy atom. The summed E-state index contributed by atoms with van der Waals surface area (Å²) in [7, 11) is 0. The van der Waals surface area contributed by atoms with Gasteiger partial charge in [0.15, 0.2) is 0 Å². The van der Waals surface area contributed by atoms with Gasteiger partial charge in [0.1, 0.15) is 0 Å². The Kier molecular flexibility index (Phi) is 2.12. The molecule has 1 atom stereocenters. The molecule has 1 aliphatic rings. The van der Waals surface area contributed by atoms with Gasteiger partial charge in [0.05, 0.1) is 11.7 Å². The predicted molar refractivity (Wildman–Crippen MR) is 52.4 cm³/mol. The van der Waals surface area contributed by atoms with Gasteiger partial charge in [0.25, 0.3) is 0 Å². The normalized spacial score (nSPS) is 17.8. The number of nitrogens with two attached hydrogens (primary N) is 1. The molecule has 0 bridgehead atoms. The Bertz CT molecular complexity index is 301. The van der Waals surface area contributed by atoms with Gasteiger partial charge in [-0.1, -0.05) is 13.8 Å². The Balaban J connectivity index is 2.30. The number of aromatic amines is 1. The summed E-state index contributed by atoms with van der Waals surface area (Å²) >= 11 is 0. The molecule has 1 aromatic rings. The molecule has 1 heterocycles. The fourth-order valence-corrected chi connectivity index (χ4v) is 1.94. The van der Waals surface area contributed by atoms with Crippen LogP contribution < -0.4 is 5.73 Å². The lowest BCUT2D eigenvalue weighted by molar-refractivity contribution is 0.498. The van der Waals surface area contributed by atoms with Crippen LogP contribution >= 0.6 is 0 Å². The third kappa shape index (κ3) is 1.37. The van der Waals surface area contributed by atoms with Crippen molar-refractivity contribution in [3.05, 3.63) is 17.0 Å². The molecule has 0 unspecified atom stereocenters. The number of nitrogens with zero attached hydrogens (tertiary/aromatic N) is 1. The average Bonchev–Trinajstić information content (AvgIpc) is 2.61. The van der Waals surface area contributed by atoms with Crippen LogP contribution in [-0.4, -0.2) is 10.2 Å². The molecule has 0 fully saturated rings. The van der Waals surface area contributed by atoms with Crippen molar-refractivity contribution in [2.75, 3.05) is 0 Å². The zero-order valence-electron chi connectivity index (χ0n) is 8.30. The Morgan fingerprint density at radius 2 is 2.15 bits per heavy atom. The molecule has 0 saturated heterocycles. The maximum Gasteiger partial charge on any atom is 0.0826 e. The van der Waals surface area contributed by atoms with Gasteiger partial charge in [0.2, 0.25) is 0 Å². The van der Waals surface area contributed by atoms with Crippen LogP contribution in [0.15, 0.2) is 0 Å². The molecular formula is C10H17N3. The minimum absolute atomic E-state index is 0.0955. The second kappa shape index (κ2) is 3.14. The van der Waals surface area contributed by atoms with Crippen molar-refractivity contribution in [2.45, 2.75) is 39.2 Å². The fraction of sp³-hybridized carbons (Fsp3) is 0.700. The van der Waals surface area contributed by atoms with Gasteiger partial charge < -0.3 is 5.73 Å². The lowest BCUT2D eigenvalue weighted by atomic mass is 9.98. The van der Waals surface area contributed by atoms with Crippen LogP contribution in [-0.2, 0) is 12.8 Å². The first-order valence-electron chi connectivity index (χ1n) is 5.01. The van der Waals surface area contributed by atoms with E-state index in [0.29, 0.717) is 5.92 Å². The second-order valence-electron chi connectivity index (χ2n) is 4.19. The van der Waals surface area contributed by atoms with E-state index in [9.17, 15) is 0 Å². The van der Waals surface area contributed by atoms with Crippen LogP contribution in [0.25, 0.3) is 0 Å². The molecule has 1 aromatic heterocycles. The van der Waals surface area contributed by atoms with Crippen molar-refractivity contribution in [3.63, 3.8) is 0 Å². The van der Waals surface area contributed by atoms with E-state index in [0.717, 1.165) is 18.5 Å². The summed E-state index contributed by atoms with van der Waals surface area (Å²) in [5.74, 6) is 0.466. The summed E-state index contributed by atoms with van der Waals surface area (Å²) in [4.78, 5) is 0. The maximum absolute atomic E-state index is 6.07. The van der Waals surface area contributed by atoms with Crippen molar-refractivity contribution < 1.29 is 0 Å². The average molecular weight is 179 g/mol. The van der Waals surface area contributed by atoms with Crippen LogP contribution in [0, 0.1) is 5.92 Å². The zero-order valence-corrected chi connectivity index (χ0v) is 8.30. The highest BCUT2D eigenvalue weighted by molar-refractivity contribution is 5.31. The molecule has 0 aromatic carbocycles. The van der Waals surface area contributed by atoms with E-state index in [1.165, 1.54) is 17.7 Å². The Hall–Kier alpha value is -0.830. The van der Waals surface area contributed by atoms with Crippen LogP contribution in [0.1, 0.15) is 43.3 Å². The van der Waals surface area contributed by atoms with Crippen molar-refractivity contribution in [1.82, 2.24) is 10.2 Å². The number of rotatable bonds is 2. The van der Waals surface area contributed by atoms with E-state index in [4.69, 9.17) is 5.73 Å². The quantitative estimate of drug-likeness (QED) is 0.723. The van der Waals surface area contributed by atoms with E-state index >= 15 is 0 Å².